The van der Waals surface area contributed by atoms with Gasteiger partial charge in [-0.2, -0.15) is 0 Å². The maximum absolute atomic E-state index is 13.3. The number of hydrogen-bond acceptors (Lipinski definition) is 2. The summed E-state index contributed by atoms with van der Waals surface area (Å²) in [7, 11) is 1.77. The molecule has 2 amide bonds. The number of benzene rings is 2. The number of amides is 2. The molecule has 3 aliphatic heterocycles. The van der Waals surface area contributed by atoms with E-state index in [1.165, 1.54) is 17.7 Å². The van der Waals surface area contributed by atoms with Crippen LogP contribution in [0.15, 0.2) is 42.5 Å². The fourth-order valence-corrected chi connectivity index (χ4v) is 5.27. The highest BCUT2D eigenvalue weighted by Gasteiger charge is 2.43. The third kappa shape index (κ3) is 2.72. The molecular weight excluding hydrogens is 355 g/mol. The average molecular weight is 378 g/mol. The normalized spacial score (nSPS) is 25.9. The van der Waals surface area contributed by atoms with Crippen LogP contribution in [-0.4, -0.2) is 35.8 Å². The molecule has 144 valence electrons. The van der Waals surface area contributed by atoms with Crippen molar-refractivity contribution in [2.45, 2.75) is 50.1 Å². The first-order chi connectivity index (χ1) is 13.5. The largest absolute Gasteiger partial charge is 0.333 e. The number of halogens is 1. The number of piperidine rings is 1. The number of fused-ring (bicyclic) bond motifs is 3. The molecular formula is C23H23FN2O2. The summed E-state index contributed by atoms with van der Waals surface area (Å²) in [5.74, 6) is 0.322. The topological polar surface area (TPSA) is 40.6 Å². The van der Waals surface area contributed by atoms with Gasteiger partial charge in [-0.15, -0.1) is 0 Å². The Labute approximate surface area is 163 Å². The van der Waals surface area contributed by atoms with Crippen molar-refractivity contribution in [1.82, 2.24) is 4.90 Å². The molecule has 0 N–H and O–H groups in total. The molecule has 2 unspecified atom stereocenters. The maximum atomic E-state index is 13.3. The lowest BCUT2D eigenvalue weighted by Gasteiger charge is -2.39. The predicted molar refractivity (Wildman–Crippen MR) is 105 cm³/mol. The van der Waals surface area contributed by atoms with Gasteiger partial charge < -0.3 is 9.80 Å². The Kier molecular flexibility index (Phi) is 4.00. The number of hydrogen-bond donors (Lipinski definition) is 0. The number of likely N-dealkylation sites (N-methyl/N-ethyl adjacent to an activating group) is 1. The first kappa shape index (κ1) is 17.4. The molecule has 2 aromatic carbocycles. The first-order valence-corrected chi connectivity index (χ1v) is 9.99. The van der Waals surface area contributed by atoms with Gasteiger partial charge in [0.25, 0.3) is 5.91 Å². The van der Waals surface area contributed by atoms with E-state index in [9.17, 15) is 14.0 Å². The molecule has 5 rings (SSSR count). The summed E-state index contributed by atoms with van der Waals surface area (Å²) in [5, 5.41) is 0. The Morgan fingerprint density at radius 2 is 1.71 bits per heavy atom. The quantitative estimate of drug-likeness (QED) is 0.795. The van der Waals surface area contributed by atoms with Gasteiger partial charge in [0, 0.05) is 30.4 Å². The zero-order valence-electron chi connectivity index (χ0n) is 15.9. The molecule has 0 saturated carbocycles. The van der Waals surface area contributed by atoms with Crippen molar-refractivity contribution in [2.24, 2.45) is 0 Å². The third-order valence-corrected chi connectivity index (χ3v) is 6.71. The van der Waals surface area contributed by atoms with Crippen LogP contribution in [0.5, 0.6) is 0 Å². The monoisotopic (exact) mass is 378 g/mol. The summed E-state index contributed by atoms with van der Waals surface area (Å²) in [5.41, 5.74) is 3.69. The zero-order valence-corrected chi connectivity index (χ0v) is 15.9. The van der Waals surface area contributed by atoms with E-state index in [4.69, 9.17) is 0 Å². The fourth-order valence-electron chi connectivity index (χ4n) is 5.27. The van der Waals surface area contributed by atoms with Gasteiger partial charge in [-0.05, 0) is 73.1 Å². The Morgan fingerprint density at radius 3 is 2.39 bits per heavy atom. The smallest absolute Gasteiger partial charge is 0.254 e. The lowest BCUT2D eigenvalue weighted by Crippen LogP contribution is -2.46. The van der Waals surface area contributed by atoms with Crippen LogP contribution in [0.1, 0.15) is 53.1 Å². The van der Waals surface area contributed by atoms with Crippen LogP contribution in [0.2, 0.25) is 0 Å². The average Bonchev–Trinajstić information content (AvgIpc) is 3.13. The van der Waals surface area contributed by atoms with Crippen LogP contribution in [-0.2, 0) is 11.2 Å². The molecule has 0 spiro atoms. The number of carbonyl (C=O) groups is 2. The molecule has 3 heterocycles. The number of rotatable bonds is 2. The van der Waals surface area contributed by atoms with Gasteiger partial charge in [0.15, 0.2) is 0 Å². The van der Waals surface area contributed by atoms with Crippen LogP contribution in [0, 0.1) is 5.82 Å². The highest BCUT2D eigenvalue weighted by molar-refractivity contribution is 6.03. The van der Waals surface area contributed by atoms with Gasteiger partial charge in [-0.3, -0.25) is 9.59 Å². The van der Waals surface area contributed by atoms with Gasteiger partial charge in [-0.25, -0.2) is 4.39 Å². The van der Waals surface area contributed by atoms with Gasteiger partial charge >= 0.3 is 0 Å². The van der Waals surface area contributed by atoms with Crippen molar-refractivity contribution >= 4 is 17.5 Å². The Balaban J connectivity index is 1.37. The number of nitrogens with zero attached hydrogens (tertiary/aromatic N) is 2. The zero-order chi connectivity index (χ0) is 19.4. The van der Waals surface area contributed by atoms with Crippen molar-refractivity contribution in [2.75, 3.05) is 11.9 Å². The fraction of sp³-hybridized carbons (Fsp3) is 0.391. The third-order valence-electron chi connectivity index (χ3n) is 6.71. The molecule has 0 radical (unpaired) electrons. The molecule has 2 bridgehead atoms. The summed E-state index contributed by atoms with van der Waals surface area (Å²) < 4.78 is 13.2. The van der Waals surface area contributed by atoms with Crippen molar-refractivity contribution in [3.05, 3.63) is 65.0 Å². The van der Waals surface area contributed by atoms with Crippen molar-refractivity contribution in [3.63, 3.8) is 0 Å². The molecule has 5 heteroatoms. The minimum atomic E-state index is -0.208. The van der Waals surface area contributed by atoms with Crippen molar-refractivity contribution in [1.29, 1.82) is 0 Å². The molecule has 0 aromatic heterocycles. The van der Waals surface area contributed by atoms with E-state index >= 15 is 0 Å². The summed E-state index contributed by atoms with van der Waals surface area (Å²) in [6.45, 7) is 0. The lowest BCUT2D eigenvalue weighted by atomic mass is 9.84. The van der Waals surface area contributed by atoms with E-state index in [-0.39, 0.29) is 29.7 Å². The van der Waals surface area contributed by atoms with Crippen LogP contribution < -0.4 is 4.90 Å². The van der Waals surface area contributed by atoms with E-state index in [0.717, 1.165) is 36.9 Å². The Bertz CT molecular complexity index is 942. The molecule has 0 aliphatic carbocycles. The van der Waals surface area contributed by atoms with Gasteiger partial charge in [0.05, 0.1) is 6.42 Å². The van der Waals surface area contributed by atoms with E-state index in [0.29, 0.717) is 17.9 Å². The maximum Gasteiger partial charge on any atom is 0.254 e. The van der Waals surface area contributed by atoms with Crippen LogP contribution in [0.4, 0.5) is 10.1 Å². The minimum Gasteiger partial charge on any atom is -0.333 e. The first-order valence-electron chi connectivity index (χ1n) is 9.99. The Morgan fingerprint density at radius 1 is 1.04 bits per heavy atom. The second kappa shape index (κ2) is 6.43. The van der Waals surface area contributed by atoms with Crippen molar-refractivity contribution < 1.29 is 14.0 Å². The molecule has 28 heavy (non-hydrogen) atoms. The van der Waals surface area contributed by atoms with Gasteiger partial charge in [-0.1, -0.05) is 12.1 Å². The summed E-state index contributed by atoms with van der Waals surface area (Å²) in [6, 6.07) is 12.9. The molecule has 4 nitrogen and oxygen atoms in total. The number of anilines is 1. The second-order valence-corrected chi connectivity index (χ2v) is 8.29. The van der Waals surface area contributed by atoms with E-state index in [1.807, 2.05) is 30.3 Å². The highest BCUT2D eigenvalue weighted by Crippen LogP contribution is 2.44. The molecule has 3 aliphatic rings. The molecule has 2 atom stereocenters. The minimum absolute atomic E-state index is 0.0692. The Hall–Kier alpha value is -2.69. The summed E-state index contributed by atoms with van der Waals surface area (Å²) >= 11 is 0. The van der Waals surface area contributed by atoms with Crippen LogP contribution in [0.3, 0.4) is 0 Å². The van der Waals surface area contributed by atoms with Gasteiger partial charge in [0.1, 0.15) is 5.82 Å². The SMILES string of the molecule is CN1C(=O)Cc2cc(C(=O)N3C4CCC3CC(c3ccc(F)cc3)C4)ccc21. The lowest BCUT2D eigenvalue weighted by molar-refractivity contribution is -0.117. The second-order valence-electron chi connectivity index (χ2n) is 8.29. The number of carbonyl (C=O) groups excluding carboxylic acids is 2. The summed E-state index contributed by atoms with van der Waals surface area (Å²) in [6.07, 6.45) is 4.28. The molecule has 2 aromatic rings. The predicted octanol–water partition coefficient (Wildman–Crippen LogP) is 3.90. The van der Waals surface area contributed by atoms with Crippen molar-refractivity contribution in [3.8, 4) is 0 Å². The summed E-state index contributed by atoms with van der Waals surface area (Å²) in [4.78, 5) is 28.9. The molecule has 2 saturated heterocycles. The highest BCUT2D eigenvalue weighted by atomic mass is 19.1. The van der Waals surface area contributed by atoms with Gasteiger partial charge in [0.2, 0.25) is 5.91 Å². The van der Waals surface area contributed by atoms with E-state index in [2.05, 4.69) is 4.90 Å². The molecule has 2 fully saturated rings. The van der Waals surface area contributed by atoms with Crippen LogP contribution in [0.25, 0.3) is 0 Å². The van der Waals surface area contributed by atoms with E-state index < -0.39 is 0 Å². The van der Waals surface area contributed by atoms with Crippen LogP contribution >= 0.6 is 0 Å². The van der Waals surface area contributed by atoms with E-state index in [1.54, 1.807) is 11.9 Å². The standard InChI is InChI=1S/C23H23FN2O2/c1-25-21-9-4-15(10-17(21)13-22(25)27)23(28)26-19-7-8-20(26)12-16(11-19)14-2-5-18(24)6-3-14/h2-6,9-10,16,19-20H,7-8,11-13H2,1H3.